The van der Waals surface area contributed by atoms with Crippen molar-refractivity contribution in [3.05, 3.63) is 35.4 Å². The summed E-state index contributed by atoms with van der Waals surface area (Å²) in [6.07, 6.45) is 4.55. The second-order valence-corrected chi connectivity index (χ2v) is 5.96. The summed E-state index contributed by atoms with van der Waals surface area (Å²) in [5.41, 5.74) is 6.03. The number of carbonyl (C=O) groups excluding carboxylic acids is 2. The van der Waals surface area contributed by atoms with E-state index in [2.05, 4.69) is 19.2 Å². The molecule has 0 heterocycles. The quantitative estimate of drug-likeness (QED) is 0.888. The Morgan fingerprint density at radius 3 is 2.35 bits per heavy atom. The molecule has 2 amide bonds. The lowest BCUT2D eigenvalue weighted by atomic mass is 9.75. The van der Waals surface area contributed by atoms with Crippen LogP contribution in [0.15, 0.2) is 24.3 Å². The standard InChI is InChI=1S/C16H22N2O2/c1-11-5-3-4-10-16(11,2)18-15(20)13-8-6-12(7-9-13)14(17)19/h6-9,11H,3-5,10H2,1-2H3,(H2,17,19)(H,18,20)/t11-,16+/m1/s1. The molecule has 1 saturated carbocycles. The number of carbonyl (C=O) groups is 2. The molecule has 1 aliphatic rings. The Morgan fingerprint density at radius 2 is 1.80 bits per heavy atom. The van der Waals surface area contributed by atoms with Crippen LogP contribution in [0.1, 0.15) is 60.2 Å². The monoisotopic (exact) mass is 274 g/mol. The molecular weight excluding hydrogens is 252 g/mol. The van der Waals surface area contributed by atoms with Gasteiger partial charge < -0.3 is 11.1 Å². The van der Waals surface area contributed by atoms with Gasteiger partial charge in [-0.05, 0) is 49.9 Å². The maximum absolute atomic E-state index is 12.3. The van der Waals surface area contributed by atoms with Crippen molar-refractivity contribution in [3.63, 3.8) is 0 Å². The predicted octanol–water partition coefficient (Wildman–Crippen LogP) is 2.48. The van der Waals surface area contributed by atoms with Crippen molar-refractivity contribution in [1.29, 1.82) is 0 Å². The van der Waals surface area contributed by atoms with E-state index in [9.17, 15) is 9.59 Å². The molecule has 0 aromatic heterocycles. The van der Waals surface area contributed by atoms with Crippen LogP contribution in [-0.2, 0) is 0 Å². The molecule has 0 saturated heterocycles. The molecular formula is C16H22N2O2. The van der Waals surface area contributed by atoms with Crippen molar-refractivity contribution in [1.82, 2.24) is 5.32 Å². The van der Waals surface area contributed by atoms with Crippen LogP contribution in [0.3, 0.4) is 0 Å². The maximum Gasteiger partial charge on any atom is 0.251 e. The molecule has 4 heteroatoms. The van der Waals surface area contributed by atoms with Crippen molar-refractivity contribution in [3.8, 4) is 0 Å². The first-order chi connectivity index (χ1) is 9.42. The fourth-order valence-electron chi connectivity index (χ4n) is 2.81. The van der Waals surface area contributed by atoms with Gasteiger partial charge in [0.1, 0.15) is 0 Å². The van der Waals surface area contributed by atoms with E-state index in [-0.39, 0.29) is 11.4 Å². The summed E-state index contributed by atoms with van der Waals surface area (Å²) in [6, 6.07) is 6.46. The Labute approximate surface area is 119 Å². The zero-order valence-electron chi connectivity index (χ0n) is 12.1. The van der Waals surface area contributed by atoms with Gasteiger partial charge in [0.15, 0.2) is 0 Å². The van der Waals surface area contributed by atoms with Crippen LogP contribution in [-0.4, -0.2) is 17.4 Å². The molecule has 20 heavy (non-hydrogen) atoms. The van der Waals surface area contributed by atoms with E-state index in [1.165, 1.54) is 6.42 Å². The smallest absolute Gasteiger partial charge is 0.251 e. The molecule has 1 aliphatic carbocycles. The topological polar surface area (TPSA) is 72.2 Å². The Bertz CT molecular complexity index is 510. The molecule has 0 aliphatic heterocycles. The fraction of sp³-hybridized carbons (Fsp3) is 0.500. The molecule has 3 N–H and O–H groups in total. The molecule has 2 rings (SSSR count). The molecule has 2 atom stereocenters. The number of nitrogens with one attached hydrogen (secondary N) is 1. The summed E-state index contributed by atoms with van der Waals surface area (Å²) in [6.45, 7) is 4.31. The first kappa shape index (κ1) is 14.6. The zero-order valence-corrected chi connectivity index (χ0v) is 12.1. The lowest BCUT2D eigenvalue weighted by Crippen LogP contribution is -2.52. The van der Waals surface area contributed by atoms with E-state index in [1.54, 1.807) is 24.3 Å². The SMILES string of the molecule is C[C@@H]1CCCC[C@]1(C)NC(=O)c1ccc(C(N)=O)cc1. The summed E-state index contributed by atoms with van der Waals surface area (Å²) in [5, 5.41) is 3.15. The minimum atomic E-state index is -0.482. The van der Waals surface area contributed by atoms with Crippen molar-refractivity contribution in [2.75, 3.05) is 0 Å². The molecule has 1 aromatic rings. The average molecular weight is 274 g/mol. The van der Waals surface area contributed by atoms with Gasteiger partial charge in [0.25, 0.3) is 5.91 Å². The van der Waals surface area contributed by atoms with E-state index in [4.69, 9.17) is 5.73 Å². The van der Waals surface area contributed by atoms with E-state index in [1.807, 2.05) is 0 Å². The highest BCUT2D eigenvalue weighted by Crippen LogP contribution is 2.33. The summed E-state index contributed by atoms with van der Waals surface area (Å²) in [5.74, 6) is -0.0906. The van der Waals surface area contributed by atoms with Gasteiger partial charge in [-0.15, -0.1) is 0 Å². The normalized spacial score (nSPS) is 26.0. The zero-order chi connectivity index (χ0) is 14.8. The number of amides is 2. The molecule has 108 valence electrons. The number of hydrogen-bond acceptors (Lipinski definition) is 2. The Kier molecular flexibility index (Phi) is 4.12. The van der Waals surface area contributed by atoms with Gasteiger partial charge in [-0.3, -0.25) is 9.59 Å². The van der Waals surface area contributed by atoms with Gasteiger partial charge in [-0.1, -0.05) is 19.8 Å². The molecule has 4 nitrogen and oxygen atoms in total. The molecule has 0 bridgehead atoms. The third-order valence-electron chi connectivity index (χ3n) is 4.50. The second kappa shape index (κ2) is 5.65. The number of primary amides is 1. The van der Waals surface area contributed by atoms with E-state index >= 15 is 0 Å². The van der Waals surface area contributed by atoms with Crippen LogP contribution >= 0.6 is 0 Å². The maximum atomic E-state index is 12.3. The number of hydrogen-bond donors (Lipinski definition) is 2. The summed E-state index contributed by atoms with van der Waals surface area (Å²) < 4.78 is 0. The third kappa shape index (κ3) is 3.00. The van der Waals surface area contributed by atoms with Gasteiger partial charge in [0.2, 0.25) is 5.91 Å². The van der Waals surface area contributed by atoms with Gasteiger partial charge in [-0.2, -0.15) is 0 Å². The van der Waals surface area contributed by atoms with Gasteiger partial charge in [0, 0.05) is 16.7 Å². The minimum Gasteiger partial charge on any atom is -0.366 e. The lowest BCUT2D eigenvalue weighted by Gasteiger charge is -2.40. The number of nitrogens with two attached hydrogens (primary N) is 1. The molecule has 1 fully saturated rings. The van der Waals surface area contributed by atoms with Crippen LogP contribution in [0.25, 0.3) is 0 Å². The van der Waals surface area contributed by atoms with Gasteiger partial charge in [-0.25, -0.2) is 0 Å². The van der Waals surface area contributed by atoms with E-state index in [0.29, 0.717) is 17.0 Å². The molecule has 0 spiro atoms. The molecule has 1 aromatic carbocycles. The van der Waals surface area contributed by atoms with Crippen molar-refractivity contribution < 1.29 is 9.59 Å². The third-order valence-corrected chi connectivity index (χ3v) is 4.50. The average Bonchev–Trinajstić information content (AvgIpc) is 2.42. The van der Waals surface area contributed by atoms with Gasteiger partial charge >= 0.3 is 0 Å². The number of rotatable bonds is 3. The summed E-state index contributed by atoms with van der Waals surface area (Å²) >= 11 is 0. The van der Waals surface area contributed by atoms with E-state index < -0.39 is 5.91 Å². The van der Waals surface area contributed by atoms with Gasteiger partial charge in [0.05, 0.1) is 0 Å². The van der Waals surface area contributed by atoms with Crippen molar-refractivity contribution >= 4 is 11.8 Å². The lowest BCUT2D eigenvalue weighted by molar-refractivity contribution is 0.0828. The summed E-state index contributed by atoms with van der Waals surface area (Å²) in [4.78, 5) is 23.3. The fourth-order valence-corrected chi connectivity index (χ4v) is 2.81. The van der Waals surface area contributed by atoms with E-state index in [0.717, 1.165) is 19.3 Å². The Morgan fingerprint density at radius 1 is 1.20 bits per heavy atom. The predicted molar refractivity (Wildman–Crippen MR) is 78.5 cm³/mol. The second-order valence-electron chi connectivity index (χ2n) is 5.96. The highest BCUT2D eigenvalue weighted by atomic mass is 16.2. The summed E-state index contributed by atoms with van der Waals surface area (Å²) in [7, 11) is 0. The van der Waals surface area contributed by atoms with Crippen LogP contribution < -0.4 is 11.1 Å². The van der Waals surface area contributed by atoms with Crippen LogP contribution in [0.2, 0.25) is 0 Å². The first-order valence-corrected chi connectivity index (χ1v) is 7.15. The van der Waals surface area contributed by atoms with Crippen molar-refractivity contribution in [2.24, 2.45) is 11.7 Å². The highest BCUT2D eigenvalue weighted by Gasteiger charge is 2.34. The number of benzene rings is 1. The minimum absolute atomic E-state index is 0.0859. The first-order valence-electron chi connectivity index (χ1n) is 7.15. The Balaban J connectivity index is 2.09. The molecule has 0 radical (unpaired) electrons. The van der Waals surface area contributed by atoms with Crippen LogP contribution in [0.5, 0.6) is 0 Å². The van der Waals surface area contributed by atoms with Crippen LogP contribution in [0, 0.1) is 5.92 Å². The van der Waals surface area contributed by atoms with Crippen molar-refractivity contribution in [2.45, 2.75) is 45.1 Å². The Hall–Kier alpha value is -1.84. The molecule has 0 unspecified atom stereocenters. The van der Waals surface area contributed by atoms with Crippen LogP contribution in [0.4, 0.5) is 0 Å². The largest absolute Gasteiger partial charge is 0.366 e. The highest BCUT2D eigenvalue weighted by molar-refractivity contribution is 5.97.